The minimum absolute atomic E-state index is 0. The molecule has 17 heavy (non-hydrogen) atoms. The van der Waals surface area contributed by atoms with Crippen LogP contribution in [0.25, 0.3) is 0 Å². The summed E-state index contributed by atoms with van der Waals surface area (Å²) in [6, 6.07) is 0.246. The highest BCUT2D eigenvalue weighted by atomic mass is 35.5. The Hall–Kier alpha value is -0.650. The highest BCUT2D eigenvalue weighted by Crippen LogP contribution is 2.21. The van der Waals surface area contributed by atoms with Crippen LogP contribution in [-0.2, 0) is 0 Å². The van der Waals surface area contributed by atoms with Crippen LogP contribution in [0.15, 0.2) is 4.52 Å². The molecule has 98 valence electrons. The summed E-state index contributed by atoms with van der Waals surface area (Å²) >= 11 is 0. The zero-order chi connectivity index (χ0) is 11.5. The number of halogens is 1. The van der Waals surface area contributed by atoms with Gasteiger partial charge in [0.1, 0.15) is 0 Å². The van der Waals surface area contributed by atoms with Crippen LogP contribution in [0.1, 0.15) is 43.9 Å². The first-order valence-electron chi connectivity index (χ1n) is 5.96. The molecule has 2 unspecified atom stereocenters. The van der Waals surface area contributed by atoms with E-state index in [2.05, 4.69) is 41.3 Å². The van der Waals surface area contributed by atoms with Crippen LogP contribution < -0.4 is 5.32 Å². The second-order valence-electron chi connectivity index (χ2n) is 4.50. The van der Waals surface area contributed by atoms with Gasteiger partial charge in [-0.1, -0.05) is 19.0 Å². The summed E-state index contributed by atoms with van der Waals surface area (Å²) in [4.78, 5) is 6.76. The van der Waals surface area contributed by atoms with Crippen molar-refractivity contribution >= 4 is 12.4 Å². The quantitative estimate of drug-likeness (QED) is 0.894. The number of piperazine rings is 1. The third-order valence-electron chi connectivity index (χ3n) is 3.30. The SMILES string of the molecule is CCC(C)c1nc(C2CNCCN2C)no1.Cl. The topological polar surface area (TPSA) is 54.2 Å². The molecule has 0 bridgehead atoms. The van der Waals surface area contributed by atoms with Crippen molar-refractivity contribution in [2.45, 2.75) is 32.2 Å². The zero-order valence-corrected chi connectivity index (χ0v) is 11.5. The monoisotopic (exact) mass is 260 g/mol. The summed E-state index contributed by atoms with van der Waals surface area (Å²) in [7, 11) is 2.10. The van der Waals surface area contributed by atoms with Gasteiger partial charge in [-0.2, -0.15) is 4.98 Å². The first kappa shape index (κ1) is 14.4. The van der Waals surface area contributed by atoms with Crippen LogP contribution in [0.5, 0.6) is 0 Å². The molecule has 0 amide bonds. The van der Waals surface area contributed by atoms with Crippen molar-refractivity contribution in [1.82, 2.24) is 20.4 Å². The van der Waals surface area contributed by atoms with E-state index < -0.39 is 0 Å². The van der Waals surface area contributed by atoms with Crippen molar-refractivity contribution in [3.05, 3.63) is 11.7 Å². The predicted molar refractivity (Wildman–Crippen MR) is 68.5 cm³/mol. The minimum atomic E-state index is 0. The molecule has 0 radical (unpaired) electrons. The molecule has 1 N–H and O–H groups in total. The van der Waals surface area contributed by atoms with Gasteiger partial charge in [0.25, 0.3) is 0 Å². The summed E-state index contributed by atoms with van der Waals surface area (Å²) in [5, 5.41) is 7.44. The van der Waals surface area contributed by atoms with E-state index in [1.54, 1.807) is 0 Å². The molecule has 1 aromatic heterocycles. The molecule has 0 spiro atoms. The Bertz CT molecular complexity index is 344. The second kappa shape index (κ2) is 6.33. The number of aromatic nitrogens is 2. The van der Waals surface area contributed by atoms with Crippen molar-refractivity contribution in [3.63, 3.8) is 0 Å². The number of hydrogen-bond donors (Lipinski definition) is 1. The zero-order valence-electron chi connectivity index (χ0n) is 10.6. The van der Waals surface area contributed by atoms with Gasteiger partial charge in [-0.05, 0) is 13.5 Å². The van der Waals surface area contributed by atoms with Gasteiger partial charge in [0, 0.05) is 25.6 Å². The summed E-state index contributed by atoms with van der Waals surface area (Å²) in [6.07, 6.45) is 1.03. The fourth-order valence-corrected chi connectivity index (χ4v) is 1.85. The maximum atomic E-state index is 5.30. The fraction of sp³-hybridized carbons (Fsp3) is 0.818. The maximum absolute atomic E-state index is 5.30. The van der Waals surface area contributed by atoms with Crippen molar-refractivity contribution in [2.75, 3.05) is 26.7 Å². The fourth-order valence-electron chi connectivity index (χ4n) is 1.85. The second-order valence-corrected chi connectivity index (χ2v) is 4.50. The Labute approximate surface area is 108 Å². The Morgan fingerprint density at radius 1 is 1.59 bits per heavy atom. The van der Waals surface area contributed by atoms with Crippen molar-refractivity contribution in [3.8, 4) is 0 Å². The molecule has 1 fully saturated rings. The molecule has 1 aliphatic heterocycles. The van der Waals surface area contributed by atoms with E-state index >= 15 is 0 Å². The van der Waals surface area contributed by atoms with Gasteiger partial charge in [-0.15, -0.1) is 12.4 Å². The average Bonchev–Trinajstić information content (AvgIpc) is 2.78. The van der Waals surface area contributed by atoms with Crippen LogP contribution in [0.4, 0.5) is 0 Å². The Morgan fingerprint density at radius 3 is 3.00 bits per heavy atom. The molecule has 5 nitrogen and oxygen atoms in total. The Morgan fingerprint density at radius 2 is 2.35 bits per heavy atom. The molecular weight excluding hydrogens is 240 g/mol. The van der Waals surface area contributed by atoms with Crippen LogP contribution in [0.2, 0.25) is 0 Å². The van der Waals surface area contributed by atoms with Crippen LogP contribution >= 0.6 is 12.4 Å². The van der Waals surface area contributed by atoms with Gasteiger partial charge < -0.3 is 9.84 Å². The highest BCUT2D eigenvalue weighted by Gasteiger charge is 2.25. The molecule has 2 rings (SSSR count). The van der Waals surface area contributed by atoms with Crippen LogP contribution in [0.3, 0.4) is 0 Å². The largest absolute Gasteiger partial charge is 0.339 e. The van der Waals surface area contributed by atoms with Gasteiger partial charge in [-0.3, -0.25) is 4.90 Å². The third-order valence-corrected chi connectivity index (χ3v) is 3.30. The van der Waals surface area contributed by atoms with E-state index in [1.807, 2.05) is 0 Å². The third kappa shape index (κ3) is 3.18. The lowest BCUT2D eigenvalue weighted by Crippen LogP contribution is -2.44. The molecule has 1 aliphatic rings. The Balaban J connectivity index is 0.00000144. The number of nitrogens with zero attached hydrogens (tertiary/aromatic N) is 3. The number of likely N-dealkylation sites (N-methyl/N-ethyl adjacent to an activating group) is 1. The lowest BCUT2D eigenvalue weighted by Gasteiger charge is -2.30. The summed E-state index contributed by atoms with van der Waals surface area (Å²) in [5.41, 5.74) is 0. The van der Waals surface area contributed by atoms with Gasteiger partial charge >= 0.3 is 0 Å². The maximum Gasteiger partial charge on any atom is 0.229 e. The molecule has 0 aliphatic carbocycles. The van der Waals surface area contributed by atoms with E-state index in [0.29, 0.717) is 5.92 Å². The lowest BCUT2D eigenvalue weighted by atomic mass is 10.1. The Kier molecular flexibility index (Phi) is 5.36. The molecule has 0 saturated carbocycles. The van der Waals surface area contributed by atoms with Gasteiger partial charge in [0.2, 0.25) is 5.89 Å². The molecule has 1 aromatic rings. The summed E-state index contributed by atoms with van der Waals surface area (Å²) in [5.74, 6) is 1.92. The van der Waals surface area contributed by atoms with Gasteiger partial charge in [0.05, 0.1) is 6.04 Å². The summed E-state index contributed by atoms with van der Waals surface area (Å²) in [6.45, 7) is 7.19. The van der Waals surface area contributed by atoms with E-state index in [9.17, 15) is 0 Å². The van der Waals surface area contributed by atoms with Crippen molar-refractivity contribution in [2.24, 2.45) is 0 Å². The molecule has 6 heteroatoms. The standard InChI is InChI=1S/C11H20N4O.ClH/c1-4-8(2)11-13-10(14-16-11)9-7-12-5-6-15(9)3;/h8-9,12H,4-7H2,1-3H3;1H. The van der Waals surface area contributed by atoms with E-state index in [1.165, 1.54) is 0 Å². The van der Waals surface area contributed by atoms with Crippen molar-refractivity contribution < 1.29 is 4.52 Å². The van der Waals surface area contributed by atoms with Crippen LogP contribution in [-0.4, -0.2) is 41.7 Å². The van der Waals surface area contributed by atoms with E-state index in [4.69, 9.17) is 4.52 Å². The van der Waals surface area contributed by atoms with E-state index in [-0.39, 0.29) is 18.4 Å². The molecule has 0 aromatic carbocycles. The smallest absolute Gasteiger partial charge is 0.229 e. The first-order chi connectivity index (χ1) is 7.72. The van der Waals surface area contributed by atoms with Gasteiger partial charge in [-0.25, -0.2) is 0 Å². The highest BCUT2D eigenvalue weighted by molar-refractivity contribution is 5.85. The average molecular weight is 261 g/mol. The first-order valence-corrected chi connectivity index (χ1v) is 5.96. The minimum Gasteiger partial charge on any atom is -0.339 e. The van der Waals surface area contributed by atoms with E-state index in [0.717, 1.165) is 37.8 Å². The van der Waals surface area contributed by atoms with Crippen molar-refractivity contribution in [1.29, 1.82) is 0 Å². The molecule has 1 saturated heterocycles. The molecule has 2 heterocycles. The lowest BCUT2D eigenvalue weighted by molar-refractivity contribution is 0.190. The molecular formula is C11H21ClN4O. The van der Waals surface area contributed by atoms with Gasteiger partial charge in [0.15, 0.2) is 5.82 Å². The number of hydrogen-bond acceptors (Lipinski definition) is 5. The summed E-state index contributed by atoms with van der Waals surface area (Å²) < 4.78 is 5.30. The predicted octanol–water partition coefficient (Wildman–Crippen LogP) is 1.58. The number of nitrogens with one attached hydrogen (secondary N) is 1. The normalized spacial score (nSPS) is 23.1. The molecule has 2 atom stereocenters. The van der Waals surface area contributed by atoms with Crippen LogP contribution in [0, 0.1) is 0 Å². The number of rotatable bonds is 3.